The van der Waals surface area contributed by atoms with E-state index < -0.39 is 97.5 Å². The van der Waals surface area contributed by atoms with Crippen molar-refractivity contribution in [2.75, 3.05) is 39.6 Å². The Kier molecular flexibility index (Phi) is 70.6. The number of esters is 4. The van der Waals surface area contributed by atoms with Gasteiger partial charge in [-0.05, 0) is 31.6 Å². The highest BCUT2D eigenvalue weighted by molar-refractivity contribution is 7.47. The van der Waals surface area contributed by atoms with Gasteiger partial charge in [0.15, 0.2) is 12.2 Å². The molecule has 17 nitrogen and oxygen atoms in total. The zero-order valence-corrected chi connectivity index (χ0v) is 65.7. The number of aliphatic hydroxyl groups is 1. The van der Waals surface area contributed by atoms with Gasteiger partial charge in [0.05, 0.1) is 26.4 Å². The summed E-state index contributed by atoms with van der Waals surface area (Å²) >= 11 is 0. The molecule has 3 unspecified atom stereocenters. The average Bonchev–Trinajstić information content (AvgIpc) is 0.959. The van der Waals surface area contributed by atoms with Crippen LogP contribution < -0.4 is 0 Å². The molecule has 0 aliphatic rings. The van der Waals surface area contributed by atoms with Crippen LogP contribution in [0.2, 0.25) is 0 Å². The zero-order chi connectivity index (χ0) is 71.9. The summed E-state index contributed by atoms with van der Waals surface area (Å²) in [5, 5.41) is 10.6. The van der Waals surface area contributed by atoms with Gasteiger partial charge >= 0.3 is 39.5 Å². The molecule has 19 heteroatoms. The molecule has 582 valence electrons. The minimum absolute atomic E-state index is 0.107. The largest absolute Gasteiger partial charge is 0.472 e. The number of carbonyl (C=O) groups is 4. The van der Waals surface area contributed by atoms with Crippen LogP contribution >= 0.6 is 15.6 Å². The molecule has 98 heavy (non-hydrogen) atoms. The first-order chi connectivity index (χ1) is 47.6. The fourth-order valence-corrected chi connectivity index (χ4v) is 13.8. The van der Waals surface area contributed by atoms with E-state index in [-0.39, 0.29) is 25.7 Å². The molecule has 0 fully saturated rings. The molecule has 0 bridgehead atoms. The summed E-state index contributed by atoms with van der Waals surface area (Å²) in [6.45, 7) is 7.27. The Hall–Kier alpha value is -1.94. The summed E-state index contributed by atoms with van der Waals surface area (Å²) in [6.07, 6.45) is 62.5. The smallest absolute Gasteiger partial charge is 0.462 e. The SMILES string of the molecule is CCCCCCCCCCCCCCCCCCCCCCC(=O)O[C@H](COC(=O)CCCCCCCCCCCCCCCCCC)COP(=O)(O)OC[C@@H](O)COP(=O)(O)OC[C@@H](COC(=O)CCCCCCCCC(C)CC)OC(=O)CCCCCCCCCCCCCC. The molecular formula is C79H154O17P2. The molecule has 0 aromatic heterocycles. The van der Waals surface area contributed by atoms with E-state index in [9.17, 15) is 43.2 Å². The molecule has 0 amide bonds. The van der Waals surface area contributed by atoms with Crippen LogP contribution in [0.3, 0.4) is 0 Å². The van der Waals surface area contributed by atoms with Crippen LogP contribution in [0.25, 0.3) is 0 Å². The Labute approximate surface area is 600 Å². The Bertz CT molecular complexity index is 1880. The van der Waals surface area contributed by atoms with Crippen LogP contribution in [0.4, 0.5) is 0 Å². The fourth-order valence-electron chi connectivity index (χ4n) is 12.2. The Morgan fingerprint density at radius 3 is 0.724 bits per heavy atom. The maximum absolute atomic E-state index is 13.1. The van der Waals surface area contributed by atoms with Crippen LogP contribution in [0, 0.1) is 5.92 Å². The Morgan fingerprint density at radius 2 is 0.490 bits per heavy atom. The second kappa shape index (κ2) is 72.0. The molecule has 6 atom stereocenters. The van der Waals surface area contributed by atoms with Crippen molar-refractivity contribution in [1.29, 1.82) is 0 Å². The lowest BCUT2D eigenvalue weighted by molar-refractivity contribution is -0.161. The van der Waals surface area contributed by atoms with Gasteiger partial charge < -0.3 is 33.8 Å². The van der Waals surface area contributed by atoms with Gasteiger partial charge in [-0.1, -0.05) is 369 Å². The third-order valence-electron chi connectivity index (χ3n) is 18.9. The quantitative estimate of drug-likeness (QED) is 0.0222. The highest BCUT2D eigenvalue weighted by atomic mass is 31.2. The van der Waals surface area contributed by atoms with Crippen molar-refractivity contribution in [1.82, 2.24) is 0 Å². The number of carbonyl (C=O) groups excluding carboxylic acids is 4. The maximum atomic E-state index is 13.1. The summed E-state index contributed by atoms with van der Waals surface area (Å²) in [4.78, 5) is 72.9. The van der Waals surface area contributed by atoms with Crippen LogP contribution in [0.5, 0.6) is 0 Å². The summed E-state index contributed by atoms with van der Waals surface area (Å²) in [5.41, 5.74) is 0. The number of ether oxygens (including phenoxy) is 4. The monoisotopic (exact) mass is 1440 g/mol. The van der Waals surface area contributed by atoms with E-state index in [1.165, 1.54) is 238 Å². The third-order valence-corrected chi connectivity index (χ3v) is 20.8. The van der Waals surface area contributed by atoms with Gasteiger partial charge in [0.25, 0.3) is 0 Å². The minimum atomic E-state index is -4.96. The molecule has 0 aromatic carbocycles. The lowest BCUT2D eigenvalue weighted by Gasteiger charge is -2.21. The van der Waals surface area contributed by atoms with Gasteiger partial charge in [-0.2, -0.15) is 0 Å². The molecule has 0 saturated heterocycles. The summed E-state index contributed by atoms with van der Waals surface area (Å²) in [5.74, 6) is -1.38. The molecule has 3 N–H and O–H groups in total. The van der Waals surface area contributed by atoms with E-state index in [2.05, 4.69) is 34.6 Å². The van der Waals surface area contributed by atoms with Gasteiger partial charge in [0.1, 0.15) is 19.3 Å². The molecule has 0 spiro atoms. The molecule has 0 heterocycles. The second-order valence-corrected chi connectivity index (χ2v) is 31.6. The lowest BCUT2D eigenvalue weighted by atomic mass is 10.00. The summed E-state index contributed by atoms with van der Waals surface area (Å²) in [6, 6.07) is 0. The maximum Gasteiger partial charge on any atom is 0.472 e. The highest BCUT2D eigenvalue weighted by Crippen LogP contribution is 2.45. The van der Waals surface area contributed by atoms with E-state index in [1.54, 1.807) is 0 Å². The molecule has 0 radical (unpaired) electrons. The van der Waals surface area contributed by atoms with Crippen molar-refractivity contribution < 1.29 is 80.2 Å². The van der Waals surface area contributed by atoms with Crippen molar-refractivity contribution in [2.24, 2.45) is 5.92 Å². The Balaban J connectivity index is 5.22. The standard InChI is InChI=1S/C79H154O17P2/c1-6-10-13-16-19-22-25-28-30-32-33-34-35-37-39-42-45-48-55-60-65-79(84)95-74(68-89-76(81)62-57-52-46-43-41-38-36-31-29-26-23-20-17-14-11-7-2)70-93-97(85,86)91-66-73(80)67-92-98(87,88)94-71-75(69-90-77(82)63-58-53-50-49-51-56-61-72(5)9-4)96-78(83)64-59-54-47-44-40-27-24-21-18-15-12-8-3/h72-75,80H,6-71H2,1-5H3,(H,85,86)(H,87,88)/t72?,73-,74-,75-/m1/s1. The highest BCUT2D eigenvalue weighted by Gasteiger charge is 2.30. The molecule has 0 saturated carbocycles. The van der Waals surface area contributed by atoms with Gasteiger partial charge in [-0.3, -0.25) is 37.3 Å². The van der Waals surface area contributed by atoms with Crippen molar-refractivity contribution in [3.63, 3.8) is 0 Å². The summed E-state index contributed by atoms with van der Waals surface area (Å²) < 4.78 is 68.6. The second-order valence-electron chi connectivity index (χ2n) is 28.7. The van der Waals surface area contributed by atoms with Crippen molar-refractivity contribution in [3.05, 3.63) is 0 Å². The summed E-state index contributed by atoms with van der Waals surface area (Å²) in [7, 11) is -9.91. The molecule has 0 aromatic rings. The van der Waals surface area contributed by atoms with Crippen molar-refractivity contribution in [2.45, 2.75) is 438 Å². The van der Waals surface area contributed by atoms with Crippen LogP contribution in [0.15, 0.2) is 0 Å². The number of hydrogen-bond acceptors (Lipinski definition) is 15. The zero-order valence-electron chi connectivity index (χ0n) is 63.9. The van der Waals surface area contributed by atoms with E-state index in [1.807, 2.05) is 0 Å². The topological polar surface area (TPSA) is 237 Å². The molecular weight excluding hydrogens is 1280 g/mol. The minimum Gasteiger partial charge on any atom is -0.462 e. The first-order valence-electron chi connectivity index (χ1n) is 41.2. The fraction of sp³-hybridized carbons (Fsp3) is 0.949. The van der Waals surface area contributed by atoms with Gasteiger partial charge in [-0.15, -0.1) is 0 Å². The van der Waals surface area contributed by atoms with Crippen LogP contribution in [0.1, 0.15) is 420 Å². The molecule has 0 aliphatic carbocycles. The first-order valence-corrected chi connectivity index (χ1v) is 44.2. The van der Waals surface area contributed by atoms with Crippen LogP contribution in [-0.4, -0.2) is 96.7 Å². The van der Waals surface area contributed by atoms with Gasteiger partial charge in [-0.25, -0.2) is 9.13 Å². The first kappa shape index (κ1) is 96.1. The lowest BCUT2D eigenvalue weighted by Crippen LogP contribution is -2.30. The molecule has 0 aliphatic heterocycles. The number of aliphatic hydroxyl groups excluding tert-OH is 1. The van der Waals surface area contributed by atoms with E-state index in [0.29, 0.717) is 25.7 Å². The van der Waals surface area contributed by atoms with Gasteiger partial charge in [0, 0.05) is 25.7 Å². The molecule has 0 rings (SSSR count). The number of phosphoric acid groups is 2. The number of rotatable bonds is 79. The van der Waals surface area contributed by atoms with Crippen molar-refractivity contribution >= 4 is 39.5 Å². The predicted octanol–water partition coefficient (Wildman–Crippen LogP) is 23.6. The number of phosphoric ester groups is 2. The average molecular weight is 1440 g/mol. The van der Waals surface area contributed by atoms with E-state index in [4.69, 9.17) is 37.0 Å². The predicted molar refractivity (Wildman–Crippen MR) is 400 cm³/mol. The van der Waals surface area contributed by atoms with E-state index in [0.717, 1.165) is 102 Å². The van der Waals surface area contributed by atoms with Crippen molar-refractivity contribution in [3.8, 4) is 0 Å². The number of unbranched alkanes of at least 4 members (excludes halogenated alkanes) is 50. The number of hydrogen-bond donors (Lipinski definition) is 3. The van der Waals surface area contributed by atoms with Crippen LogP contribution in [-0.2, 0) is 65.4 Å². The van der Waals surface area contributed by atoms with Gasteiger partial charge in [0.2, 0.25) is 0 Å². The third kappa shape index (κ3) is 71.1. The Morgan fingerprint density at radius 1 is 0.286 bits per heavy atom. The normalized spacial score (nSPS) is 14.2. The van der Waals surface area contributed by atoms with E-state index >= 15 is 0 Å².